The van der Waals surface area contributed by atoms with Crippen molar-refractivity contribution in [3.8, 4) is 0 Å². The maximum atomic E-state index is 11.3. The van der Waals surface area contributed by atoms with Crippen molar-refractivity contribution in [2.24, 2.45) is 28.9 Å². The van der Waals surface area contributed by atoms with Gasteiger partial charge in [-0.15, -0.1) is 0 Å². The van der Waals surface area contributed by atoms with Crippen molar-refractivity contribution >= 4 is 0 Å². The molecule has 0 bridgehead atoms. The quantitative estimate of drug-likeness (QED) is 0.810. The second-order valence-corrected chi connectivity index (χ2v) is 7.21. The largest absolute Gasteiger partial charge is 0.389 e. The lowest BCUT2D eigenvalue weighted by Gasteiger charge is -2.52. The maximum absolute atomic E-state index is 11.3. The van der Waals surface area contributed by atoms with Crippen LogP contribution in [0.3, 0.4) is 0 Å². The van der Waals surface area contributed by atoms with E-state index in [9.17, 15) is 5.11 Å². The SMILES string of the molecule is CCC1CCC(CN)(C2(O)CCC(C)CC2C)C1. The van der Waals surface area contributed by atoms with E-state index in [1.807, 2.05) is 0 Å². The minimum Gasteiger partial charge on any atom is -0.389 e. The van der Waals surface area contributed by atoms with Gasteiger partial charge in [0, 0.05) is 12.0 Å². The lowest BCUT2D eigenvalue weighted by atomic mass is 9.58. The summed E-state index contributed by atoms with van der Waals surface area (Å²) in [6, 6.07) is 0. The average molecular weight is 253 g/mol. The van der Waals surface area contributed by atoms with Crippen molar-refractivity contribution in [2.45, 2.75) is 71.3 Å². The molecule has 5 unspecified atom stereocenters. The lowest BCUT2D eigenvalue weighted by molar-refractivity contribution is -0.146. The first-order chi connectivity index (χ1) is 8.47. The molecule has 3 N–H and O–H groups in total. The molecule has 0 aliphatic heterocycles. The minimum atomic E-state index is -0.502. The zero-order valence-electron chi connectivity index (χ0n) is 12.4. The third kappa shape index (κ3) is 2.12. The van der Waals surface area contributed by atoms with Gasteiger partial charge in [-0.05, 0) is 56.3 Å². The average Bonchev–Trinajstić information content (AvgIpc) is 2.79. The van der Waals surface area contributed by atoms with Crippen LogP contribution in [0.4, 0.5) is 0 Å². The summed E-state index contributed by atoms with van der Waals surface area (Å²) in [6.07, 6.45) is 8.07. The Kier molecular flexibility index (Phi) is 4.08. The second-order valence-electron chi connectivity index (χ2n) is 7.21. The molecule has 2 aliphatic carbocycles. The molecular formula is C16H31NO. The molecule has 106 valence electrons. The summed E-state index contributed by atoms with van der Waals surface area (Å²) < 4.78 is 0. The topological polar surface area (TPSA) is 46.2 Å². The van der Waals surface area contributed by atoms with Gasteiger partial charge in [-0.1, -0.05) is 27.2 Å². The molecule has 18 heavy (non-hydrogen) atoms. The third-order valence-electron chi connectivity index (χ3n) is 6.19. The highest BCUT2D eigenvalue weighted by Gasteiger charge is 2.56. The molecule has 2 heteroatoms. The van der Waals surface area contributed by atoms with Gasteiger partial charge in [0.25, 0.3) is 0 Å². The number of hydrogen-bond acceptors (Lipinski definition) is 2. The van der Waals surface area contributed by atoms with Gasteiger partial charge in [0.1, 0.15) is 0 Å². The fraction of sp³-hybridized carbons (Fsp3) is 1.00. The molecule has 2 rings (SSSR count). The normalized spacial score (nSPS) is 49.5. The smallest absolute Gasteiger partial charge is 0.0741 e. The summed E-state index contributed by atoms with van der Waals surface area (Å²) in [6.45, 7) is 7.49. The van der Waals surface area contributed by atoms with E-state index in [-0.39, 0.29) is 5.41 Å². The first-order valence-electron chi connectivity index (χ1n) is 7.90. The molecule has 0 radical (unpaired) electrons. The Morgan fingerprint density at radius 3 is 2.44 bits per heavy atom. The Balaban J connectivity index is 2.21. The van der Waals surface area contributed by atoms with Gasteiger partial charge in [0.2, 0.25) is 0 Å². The predicted octanol–water partition coefficient (Wildman–Crippen LogP) is 3.33. The molecule has 0 aromatic heterocycles. The monoisotopic (exact) mass is 253 g/mol. The number of nitrogens with two attached hydrogens (primary N) is 1. The first kappa shape index (κ1) is 14.3. The van der Waals surface area contributed by atoms with Crippen LogP contribution in [0.5, 0.6) is 0 Å². The predicted molar refractivity (Wildman–Crippen MR) is 76.2 cm³/mol. The molecule has 2 nitrogen and oxygen atoms in total. The lowest BCUT2D eigenvalue weighted by Crippen LogP contribution is -2.57. The van der Waals surface area contributed by atoms with Crippen LogP contribution in [0.25, 0.3) is 0 Å². The van der Waals surface area contributed by atoms with Crippen LogP contribution in [0, 0.1) is 23.2 Å². The van der Waals surface area contributed by atoms with Gasteiger partial charge in [-0.2, -0.15) is 0 Å². The van der Waals surface area contributed by atoms with E-state index in [0.29, 0.717) is 12.5 Å². The molecule has 0 spiro atoms. The Bertz CT molecular complexity index is 293. The van der Waals surface area contributed by atoms with Gasteiger partial charge in [-0.3, -0.25) is 0 Å². The van der Waals surface area contributed by atoms with Crippen LogP contribution in [-0.4, -0.2) is 17.3 Å². The van der Waals surface area contributed by atoms with E-state index in [2.05, 4.69) is 20.8 Å². The number of aliphatic hydroxyl groups is 1. The van der Waals surface area contributed by atoms with Crippen LogP contribution >= 0.6 is 0 Å². The molecule has 0 heterocycles. The molecule has 2 fully saturated rings. The van der Waals surface area contributed by atoms with E-state index in [1.54, 1.807) is 0 Å². The molecule has 0 amide bonds. The van der Waals surface area contributed by atoms with E-state index >= 15 is 0 Å². The van der Waals surface area contributed by atoms with Gasteiger partial charge in [-0.25, -0.2) is 0 Å². The fourth-order valence-corrected chi connectivity index (χ4v) is 4.76. The summed E-state index contributed by atoms with van der Waals surface area (Å²) in [5, 5.41) is 11.3. The van der Waals surface area contributed by atoms with E-state index in [4.69, 9.17) is 5.73 Å². The summed E-state index contributed by atoms with van der Waals surface area (Å²) in [5.41, 5.74) is 5.64. The maximum Gasteiger partial charge on any atom is 0.0741 e. The molecule has 0 aromatic rings. The van der Waals surface area contributed by atoms with E-state index in [1.165, 1.54) is 19.3 Å². The summed E-state index contributed by atoms with van der Waals surface area (Å²) in [7, 11) is 0. The second kappa shape index (κ2) is 5.13. The standard InChI is InChI=1S/C16H31NO/c1-4-14-6-7-15(10-14,11-17)16(18)8-5-12(2)9-13(16)3/h12-14,18H,4-11,17H2,1-3H3. The summed E-state index contributed by atoms with van der Waals surface area (Å²) in [5.74, 6) is 1.95. The number of rotatable bonds is 3. The van der Waals surface area contributed by atoms with Gasteiger partial charge >= 0.3 is 0 Å². The van der Waals surface area contributed by atoms with Crippen molar-refractivity contribution in [2.75, 3.05) is 6.54 Å². The molecule has 0 aromatic carbocycles. The van der Waals surface area contributed by atoms with Crippen molar-refractivity contribution in [3.63, 3.8) is 0 Å². The van der Waals surface area contributed by atoms with Crippen LogP contribution in [-0.2, 0) is 0 Å². The zero-order valence-corrected chi connectivity index (χ0v) is 12.4. The van der Waals surface area contributed by atoms with Crippen molar-refractivity contribution in [1.29, 1.82) is 0 Å². The highest BCUT2D eigenvalue weighted by atomic mass is 16.3. The highest BCUT2D eigenvalue weighted by Crippen LogP contribution is 2.56. The fourth-order valence-electron chi connectivity index (χ4n) is 4.76. The molecular weight excluding hydrogens is 222 g/mol. The highest BCUT2D eigenvalue weighted by molar-refractivity contribution is 5.07. The Hall–Kier alpha value is -0.0800. The van der Waals surface area contributed by atoms with Crippen LogP contribution in [0.15, 0.2) is 0 Å². The Labute approximate surface area is 112 Å². The van der Waals surface area contributed by atoms with E-state index in [0.717, 1.165) is 37.5 Å². The van der Waals surface area contributed by atoms with Gasteiger partial charge < -0.3 is 10.8 Å². The van der Waals surface area contributed by atoms with Crippen LogP contribution in [0.2, 0.25) is 0 Å². The molecule has 2 aliphatic rings. The first-order valence-corrected chi connectivity index (χ1v) is 7.90. The summed E-state index contributed by atoms with van der Waals surface area (Å²) in [4.78, 5) is 0. The van der Waals surface area contributed by atoms with Crippen molar-refractivity contribution in [1.82, 2.24) is 0 Å². The molecule has 2 saturated carbocycles. The van der Waals surface area contributed by atoms with Gasteiger partial charge in [0.15, 0.2) is 0 Å². The van der Waals surface area contributed by atoms with Crippen molar-refractivity contribution in [3.05, 3.63) is 0 Å². The van der Waals surface area contributed by atoms with Crippen LogP contribution < -0.4 is 5.73 Å². The van der Waals surface area contributed by atoms with Crippen molar-refractivity contribution < 1.29 is 5.11 Å². The Morgan fingerprint density at radius 2 is 1.94 bits per heavy atom. The third-order valence-corrected chi connectivity index (χ3v) is 6.19. The summed E-state index contributed by atoms with van der Waals surface area (Å²) >= 11 is 0. The minimum absolute atomic E-state index is 0.00718. The number of hydrogen-bond donors (Lipinski definition) is 2. The Morgan fingerprint density at radius 1 is 1.22 bits per heavy atom. The van der Waals surface area contributed by atoms with Gasteiger partial charge in [0.05, 0.1) is 5.60 Å². The van der Waals surface area contributed by atoms with E-state index < -0.39 is 5.60 Å². The molecule has 5 atom stereocenters. The zero-order chi connectivity index (χ0) is 13.4. The van der Waals surface area contributed by atoms with Crippen LogP contribution in [0.1, 0.15) is 65.7 Å². The molecule has 0 saturated heterocycles.